The van der Waals surface area contributed by atoms with Crippen molar-refractivity contribution in [2.24, 2.45) is 0 Å². The van der Waals surface area contributed by atoms with Crippen molar-refractivity contribution in [1.29, 1.82) is 0 Å². The second kappa shape index (κ2) is 7.48. The zero-order valence-electron chi connectivity index (χ0n) is 11.4. The second-order valence-electron chi connectivity index (χ2n) is 4.93. The van der Waals surface area contributed by atoms with Crippen molar-refractivity contribution in [1.82, 2.24) is 4.90 Å². The van der Waals surface area contributed by atoms with Gasteiger partial charge in [0.05, 0.1) is 23.8 Å². The van der Waals surface area contributed by atoms with E-state index in [1.807, 2.05) is 6.92 Å². The third-order valence-electron chi connectivity index (χ3n) is 3.16. The largest absolute Gasteiger partial charge is 0.491 e. The van der Waals surface area contributed by atoms with Crippen molar-refractivity contribution in [3.63, 3.8) is 0 Å². The summed E-state index contributed by atoms with van der Waals surface area (Å²) in [6, 6.07) is 5.18. The van der Waals surface area contributed by atoms with Crippen LogP contribution in [0.4, 0.5) is 0 Å². The molecule has 1 aliphatic heterocycles. The predicted octanol–water partition coefficient (Wildman–Crippen LogP) is 2.45. The molecule has 4 nitrogen and oxygen atoms in total. The Morgan fingerprint density at radius 1 is 1.40 bits per heavy atom. The number of ether oxygens (including phenoxy) is 2. The van der Waals surface area contributed by atoms with Gasteiger partial charge in [-0.2, -0.15) is 0 Å². The van der Waals surface area contributed by atoms with Crippen LogP contribution in [0, 0.1) is 0 Å². The number of hydrogen-bond donors (Lipinski definition) is 1. The Morgan fingerprint density at radius 3 is 2.90 bits per heavy atom. The summed E-state index contributed by atoms with van der Waals surface area (Å²) in [5.41, 5.74) is 0. The second-order valence-corrected chi connectivity index (χ2v) is 5.78. The van der Waals surface area contributed by atoms with E-state index in [0.29, 0.717) is 22.4 Å². The molecule has 0 bridgehead atoms. The van der Waals surface area contributed by atoms with Crippen LogP contribution in [-0.4, -0.2) is 55.1 Å². The van der Waals surface area contributed by atoms with Gasteiger partial charge >= 0.3 is 0 Å². The molecule has 1 saturated heterocycles. The Kier molecular flexibility index (Phi) is 5.93. The first-order valence-corrected chi connectivity index (χ1v) is 7.40. The Bertz CT molecular complexity index is 444. The topological polar surface area (TPSA) is 41.9 Å². The van der Waals surface area contributed by atoms with Crippen molar-refractivity contribution < 1.29 is 14.6 Å². The first-order valence-electron chi connectivity index (χ1n) is 6.65. The normalized spacial score (nSPS) is 23.8. The van der Waals surface area contributed by atoms with E-state index in [-0.39, 0.29) is 18.8 Å². The maximum Gasteiger partial charge on any atom is 0.138 e. The molecule has 0 amide bonds. The highest BCUT2D eigenvalue weighted by atomic mass is 35.5. The highest BCUT2D eigenvalue weighted by Gasteiger charge is 2.24. The van der Waals surface area contributed by atoms with E-state index in [4.69, 9.17) is 32.7 Å². The highest BCUT2D eigenvalue weighted by molar-refractivity contribution is 6.35. The third kappa shape index (κ3) is 4.50. The molecule has 0 spiro atoms. The predicted molar refractivity (Wildman–Crippen MR) is 79.8 cm³/mol. The Balaban J connectivity index is 1.80. The lowest BCUT2D eigenvalue weighted by molar-refractivity contribution is -0.0965. The first-order chi connectivity index (χ1) is 9.58. The Hall–Kier alpha value is -0.520. The van der Waals surface area contributed by atoms with Crippen LogP contribution in [0.25, 0.3) is 0 Å². The molecule has 112 valence electrons. The average Bonchev–Trinajstić information content (AvgIpc) is 2.40. The van der Waals surface area contributed by atoms with Crippen molar-refractivity contribution in [2.45, 2.75) is 19.1 Å². The van der Waals surface area contributed by atoms with E-state index in [9.17, 15) is 5.11 Å². The van der Waals surface area contributed by atoms with Crippen molar-refractivity contribution in [2.75, 3.05) is 32.8 Å². The molecular weight excluding hydrogens is 301 g/mol. The van der Waals surface area contributed by atoms with Gasteiger partial charge in [0.15, 0.2) is 0 Å². The minimum absolute atomic E-state index is 0.0463. The number of aliphatic hydroxyl groups is 1. The number of benzene rings is 1. The summed E-state index contributed by atoms with van der Waals surface area (Å²) in [7, 11) is 0. The number of aliphatic hydroxyl groups excluding tert-OH is 1. The summed E-state index contributed by atoms with van der Waals surface area (Å²) < 4.78 is 11.3. The molecule has 0 saturated carbocycles. The average molecular weight is 320 g/mol. The zero-order valence-corrected chi connectivity index (χ0v) is 12.9. The van der Waals surface area contributed by atoms with Crippen LogP contribution in [0.5, 0.6) is 5.75 Å². The van der Waals surface area contributed by atoms with Gasteiger partial charge in [-0.25, -0.2) is 0 Å². The number of rotatable bonds is 5. The molecule has 0 aromatic heterocycles. The quantitative estimate of drug-likeness (QED) is 0.905. The fraction of sp³-hybridized carbons (Fsp3) is 0.571. The van der Waals surface area contributed by atoms with Crippen LogP contribution in [0.15, 0.2) is 18.2 Å². The summed E-state index contributed by atoms with van der Waals surface area (Å²) in [6.07, 6.45) is 0.0119. The van der Waals surface area contributed by atoms with E-state index in [1.54, 1.807) is 18.2 Å². The minimum Gasteiger partial charge on any atom is -0.491 e. The monoisotopic (exact) mass is 319 g/mol. The Labute approximate surface area is 129 Å². The molecule has 20 heavy (non-hydrogen) atoms. The van der Waals surface area contributed by atoms with E-state index < -0.39 is 0 Å². The molecule has 1 aromatic rings. The molecular formula is C14H19Cl2NO3. The van der Waals surface area contributed by atoms with Crippen molar-refractivity contribution in [3.8, 4) is 5.75 Å². The van der Waals surface area contributed by atoms with Crippen LogP contribution >= 0.6 is 23.2 Å². The van der Waals surface area contributed by atoms with Crippen molar-refractivity contribution >= 4 is 23.2 Å². The molecule has 2 unspecified atom stereocenters. The number of nitrogens with zero attached hydrogens (tertiary/aromatic N) is 1. The summed E-state index contributed by atoms with van der Waals surface area (Å²) >= 11 is 11.9. The highest BCUT2D eigenvalue weighted by Crippen LogP contribution is 2.27. The molecule has 1 aliphatic rings. The molecule has 2 atom stereocenters. The fourth-order valence-corrected chi connectivity index (χ4v) is 2.76. The van der Waals surface area contributed by atoms with Gasteiger partial charge in [-0.3, -0.25) is 4.90 Å². The number of hydrogen-bond acceptors (Lipinski definition) is 4. The molecule has 0 aliphatic carbocycles. The molecule has 1 fully saturated rings. The number of halogens is 2. The zero-order chi connectivity index (χ0) is 14.5. The molecule has 1 aromatic carbocycles. The van der Waals surface area contributed by atoms with Crippen LogP contribution in [0.3, 0.4) is 0 Å². The van der Waals surface area contributed by atoms with Crippen molar-refractivity contribution in [3.05, 3.63) is 28.2 Å². The smallest absolute Gasteiger partial charge is 0.138 e. The first kappa shape index (κ1) is 15.9. The molecule has 1 N–H and O–H groups in total. The van der Waals surface area contributed by atoms with E-state index >= 15 is 0 Å². The summed E-state index contributed by atoms with van der Waals surface area (Å²) in [5, 5.41) is 10.3. The van der Waals surface area contributed by atoms with Gasteiger partial charge in [0.25, 0.3) is 0 Å². The summed E-state index contributed by atoms with van der Waals surface area (Å²) in [5.74, 6) is 0.635. The molecule has 0 radical (unpaired) electrons. The van der Waals surface area contributed by atoms with Gasteiger partial charge in [-0.1, -0.05) is 23.2 Å². The van der Waals surface area contributed by atoms with Gasteiger partial charge in [0, 0.05) is 24.7 Å². The fourth-order valence-electron chi connectivity index (χ4n) is 2.30. The lowest BCUT2D eigenvalue weighted by Crippen LogP contribution is -2.49. The van der Waals surface area contributed by atoms with E-state index in [2.05, 4.69) is 4.90 Å². The maximum atomic E-state index is 9.18. The minimum atomic E-state index is -0.113. The lowest BCUT2D eigenvalue weighted by Gasteiger charge is -2.35. The van der Waals surface area contributed by atoms with Crippen LogP contribution in [-0.2, 0) is 4.74 Å². The van der Waals surface area contributed by atoms with Crippen LogP contribution in [0.1, 0.15) is 6.92 Å². The SMILES string of the molecule is CC1CN(CCOc2ccc(Cl)cc2Cl)CC(CO)O1. The molecule has 6 heteroatoms. The maximum absolute atomic E-state index is 9.18. The molecule has 2 rings (SSSR count). The number of morpholine rings is 1. The van der Waals surface area contributed by atoms with Gasteiger partial charge < -0.3 is 14.6 Å². The van der Waals surface area contributed by atoms with Crippen LogP contribution in [0.2, 0.25) is 10.0 Å². The van der Waals surface area contributed by atoms with Gasteiger partial charge in [-0.05, 0) is 25.1 Å². The van der Waals surface area contributed by atoms with Crippen LogP contribution < -0.4 is 4.74 Å². The summed E-state index contributed by atoms with van der Waals surface area (Å²) in [6.45, 7) is 4.92. The van der Waals surface area contributed by atoms with E-state index in [0.717, 1.165) is 19.6 Å². The van der Waals surface area contributed by atoms with E-state index in [1.165, 1.54) is 0 Å². The third-order valence-corrected chi connectivity index (χ3v) is 3.70. The van der Waals surface area contributed by atoms with Gasteiger partial charge in [-0.15, -0.1) is 0 Å². The lowest BCUT2D eigenvalue weighted by atomic mass is 10.2. The Morgan fingerprint density at radius 2 is 2.20 bits per heavy atom. The standard InChI is InChI=1S/C14H19Cl2NO3/c1-10-7-17(8-12(9-18)20-10)4-5-19-14-3-2-11(15)6-13(14)16/h2-3,6,10,12,18H,4-5,7-9H2,1H3. The van der Waals surface area contributed by atoms with Gasteiger partial charge in [0.2, 0.25) is 0 Å². The molecule has 1 heterocycles. The van der Waals surface area contributed by atoms with Gasteiger partial charge in [0.1, 0.15) is 12.4 Å². The summed E-state index contributed by atoms with van der Waals surface area (Å²) in [4.78, 5) is 2.22.